The van der Waals surface area contributed by atoms with Crippen molar-refractivity contribution in [2.45, 2.75) is 6.18 Å². The predicted molar refractivity (Wildman–Crippen MR) is 88.6 cm³/mol. The summed E-state index contributed by atoms with van der Waals surface area (Å²) in [5.74, 6) is 0.326. The van der Waals surface area contributed by atoms with Crippen molar-refractivity contribution in [2.24, 2.45) is 0 Å². The van der Waals surface area contributed by atoms with Crippen molar-refractivity contribution in [1.82, 2.24) is 0 Å². The monoisotopic (exact) mass is 351 g/mol. The number of anilines is 1. The molecule has 2 aromatic rings. The van der Waals surface area contributed by atoms with Gasteiger partial charge in [-0.15, -0.1) is 0 Å². The number of halogens is 3. The molecule has 0 atom stereocenters. The number of nitrogens with one attached hydrogen (secondary N) is 1. The quantitative estimate of drug-likeness (QED) is 0.790. The summed E-state index contributed by atoms with van der Waals surface area (Å²) in [6.45, 7) is -1.36. The summed E-state index contributed by atoms with van der Waals surface area (Å²) in [7, 11) is 1.54. The van der Waals surface area contributed by atoms with E-state index in [0.717, 1.165) is 5.56 Å². The smallest absolute Gasteiger partial charge is 0.422 e. The Hall–Kier alpha value is -2.96. The molecule has 1 N–H and O–H groups in total. The summed E-state index contributed by atoms with van der Waals surface area (Å²) in [4.78, 5) is 11.9. The Labute approximate surface area is 142 Å². The first kappa shape index (κ1) is 18.4. The maximum atomic E-state index is 12.1. The zero-order valence-electron chi connectivity index (χ0n) is 13.3. The van der Waals surface area contributed by atoms with Gasteiger partial charge in [-0.3, -0.25) is 4.79 Å². The van der Waals surface area contributed by atoms with Crippen LogP contribution < -0.4 is 14.8 Å². The van der Waals surface area contributed by atoms with E-state index in [4.69, 9.17) is 4.74 Å². The molecule has 0 saturated heterocycles. The fraction of sp³-hybridized carbons (Fsp3) is 0.167. The van der Waals surface area contributed by atoms with Gasteiger partial charge < -0.3 is 14.8 Å². The Balaban J connectivity index is 1.93. The van der Waals surface area contributed by atoms with Crippen molar-refractivity contribution in [3.63, 3.8) is 0 Å². The molecule has 2 aromatic carbocycles. The lowest BCUT2D eigenvalue weighted by atomic mass is 10.2. The van der Waals surface area contributed by atoms with E-state index in [1.54, 1.807) is 18.2 Å². The van der Waals surface area contributed by atoms with Crippen LogP contribution in [0, 0.1) is 0 Å². The number of carbonyl (C=O) groups is 1. The molecule has 1 amide bonds. The molecule has 0 aliphatic heterocycles. The fourth-order valence-corrected chi connectivity index (χ4v) is 1.95. The van der Waals surface area contributed by atoms with Gasteiger partial charge in [-0.05, 0) is 36.4 Å². The summed E-state index contributed by atoms with van der Waals surface area (Å²) in [5.41, 5.74) is 1.19. The van der Waals surface area contributed by atoms with Crippen molar-refractivity contribution >= 4 is 17.7 Å². The number of alkyl halides is 3. The second kappa shape index (κ2) is 8.23. The van der Waals surface area contributed by atoms with Gasteiger partial charge in [-0.2, -0.15) is 13.2 Å². The molecular weight excluding hydrogens is 335 g/mol. The normalized spacial score (nSPS) is 11.4. The van der Waals surface area contributed by atoms with Crippen LogP contribution in [0.25, 0.3) is 6.08 Å². The van der Waals surface area contributed by atoms with E-state index in [0.29, 0.717) is 11.4 Å². The molecule has 132 valence electrons. The molecule has 0 radical (unpaired) electrons. The molecule has 7 heteroatoms. The van der Waals surface area contributed by atoms with Crippen LogP contribution in [0.1, 0.15) is 5.56 Å². The van der Waals surface area contributed by atoms with Gasteiger partial charge in [0.1, 0.15) is 11.5 Å². The van der Waals surface area contributed by atoms with Crippen molar-refractivity contribution in [3.8, 4) is 11.5 Å². The zero-order valence-corrected chi connectivity index (χ0v) is 13.3. The van der Waals surface area contributed by atoms with Crippen LogP contribution in [0.4, 0.5) is 18.9 Å². The highest BCUT2D eigenvalue weighted by molar-refractivity contribution is 6.02. The summed E-state index contributed by atoms with van der Waals surface area (Å²) in [6, 6.07) is 12.8. The van der Waals surface area contributed by atoms with E-state index in [2.05, 4.69) is 10.1 Å². The van der Waals surface area contributed by atoms with E-state index >= 15 is 0 Å². The summed E-state index contributed by atoms with van der Waals surface area (Å²) in [5, 5.41) is 2.60. The molecule has 0 heterocycles. The molecular formula is C18H16F3NO3. The van der Waals surface area contributed by atoms with Crippen molar-refractivity contribution < 1.29 is 27.4 Å². The van der Waals surface area contributed by atoms with Crippen molar-refractivity contribution in [1.29, 1.82) is 0 Å². The molecule has 25 heavy (non-hydrogen) atoms. The Morgan fingerprint density at radius 2 is 1.80 bits per heavy atom. The number of para-hydroxylation sites is 1. The topological polar surface area (TPSA) is 47.6 Å². The molecule has 2 rings (SSSR count). The number of ether oxygens (including phenoxy) is 2. The van der Waals surface area contributed by atoms with Gasteiger partial charge >= 0.3 is 6.18 Å². The zero-order chi connectivity index (χ0) is 18.3. The van der Waals surface area contributed by atoms with Crippen LogP contribution in [-0.4, -0.2) is 25.8 Å². The van der Waals surface area contributed by atoms with Crippen molar-refractivity contribution in [2.75, 3.05) is 19.0 Å². The van der Waals surface area contributed by atoms with Gasteiger partial charge in [-0.1, -0.05) is 18.2 Å². The van der Waals surface area contributed by atoms with Crippen LogP contribution >= 0.6 is 0 Å². The SMILES string of the molecule is COc1ccccc1/C=C/C(=O)Nc1ccc(OCC(F)(F)F)cc1. The third-order valence-electron chi connectivity index (χ3n) is 3.08. The molecule has 0 unspecified atom stereocenters. The lowest BCUT2D eigenvalue weighted by Crippen LogP contribution is -2.19. The number of benzene rings is 2. The Kier molecular flexibility index (Phi) is 6.05. The molecule has 0 spiro atoms. The molecule has 0 fully saturated rings. The van der Waals surface area contributed by atoms with E-state index in [1.807, 2.05) is 12.1 Å². The van der Waals surface area contributed by atoms with Crippen LogP contribution in [-0.2, 0) is 4.79 Å². The van der Waals surface area contributed by atoms with Crippen LogP contribution in [0.3, 0.4) is 0 Å². The lowest BCUT2D eigenvalue weighted by molar-refractivity contribution is -0.153. The second-order valence-corrected chi connectivity index (χ2v) is 4.99. The van der Waals surface area contributed by atoms with Crippen LogP contribution in [0.15, 0.2) is 54.6 Å². The van der Waals surface area contributed by atoms with E-state index in [9.17, 15) is 18.0 Å². The average Bonchev–Trinajstić information content (AvgIpc) is 2.59. The maximum Gasteiger partial charge on any atom is 0.422 e. The minimum Gasteiger partial charge on any atom is -0.496 e. The van der Waals surface area contributed by atoms with Gasteiger partial charge in [0.25, 0.3) is 0 Å². The molecule has 4 nitrogen and oxygen atoms in total. The Morgan fingerprint density at radius 1 is 1.12 bits per heavy atom. The third kappa shape index (κ3) is 6.21. The molecule has 0 saturated carbocycles. The van der Waals surface area contributed by atoms with Gasteiger partial charge in [-0.25, -0.2) is 0 Å². The maximum absolute atomic E-state index is 12.1. The highest BCUT2D eigenvalue weighted by Crippen LogP contribution is 2.21. The van der Waals surface area contributed by atoms with Crippen LogP contribution in [0.5, 0.6) is 11.5 Å². The highest BCUT2D eigenvalue weighted by Gasteiger charge is 2.28. The highest BCUT2D eigenvalue weighted by atomic mass is 19.4. The Bertz CT molecular complexity index is 740. The average molecular weight is 351 g/mol. The van der Waals surface area contributed by atoms with Crippen LogP contribution in [0.2, 0.25) is 0 Å². The number of methoxy groups -OCH3 is 1. The lowest BCUT2D eigenvalue weighted by Gasteiger charge is -2.09. The Morgan fingerprint density at radius 3 is 2.44 bits per heavy atom. The molecule has 0 bridgehead atoms. The molecule has 0 aliphatic carbocycles. The molecule has 0 aliphatic rings. The van der Waals surface area contributed by atoms with Gasteiger partial charge in [0.15, 0.2) is 6.61 Å². The van der Waals surface area contributed by atoms with Gasteiger partial charge in [0.2, 0.25) is 5.91 Å². The van der Waals surface area contributed by atoms with Crippen molar-refractivity contribution in [3.05, 3.63) is 60.2 Å². The number of hydrogen-bond acceptors (Lipinski definition) is 3. The summed E-state index contributed by atoms with van der Waals surface area (Å²) >= 11 is 0. The number of amides is 1. The summed E-state index contributed by atoms with van der Waals surface area (Å²) in [6.07, 6.45) is -1.45. The van der Waals surface area contributed by atoms with E-state index < -0.39 is 12.8 Å². The van der Waals surface area contributed by atoms with Gasteiger partial charge in [0.05, 0.1) is 7.11 Å². The third-order valence-corrected chi connectivity index (χ3v) is 3.08. The largest absolute Gasteiger partial charge is 0.496 e. The summed E-state index contributed by atoms with van der Waals surface area (Å²) < 4.78 is 46.0. The minimum atomic E-state index is -4.39. The first-order valence-electron chi connectivity index (χ1n) is 7.29. The predicted octanol–water partition coefficient (Wildman–Crippen LogP) is 4.29. The van der Waals surface area contributed by atoms with E-state index in [1.165, 1.54) is 37.5 Å². The number of hydrogen-bond donors (Lipinski definition) is 1. The number of carbonyl (C=O) groups excluding carboxylic acids is 1. The second-order valence-electron chi connectivity index (χ2n) is 4.99. The first-order chi connectivity index (χ1) is 11.9. The fourth-order valence-electron chi connectivity index (χ4n) is 1.95. The van der Waals surface area contributed by atoms with Gasteiger partial charge in [0, 0.05) is 17.3 Å². The molecule has 0 aromatic heterocycles. The minimum absolute atomic E-state index is 0.0693. The number of rotatable bonds is 6. The van der Waals surface area contributed by atoms with E-state index in [-0.39, 0.29) is 11.7 Å². The standard InChI is InChI=1S/C18H16F3NO3/c1-24-16-5-3-2-4-13(16)6-11-17(23)22-14-7-9-15(10-8-14)25-12-18(19,20)21/h2-11H,12H2,1H3,(H,22,23)/b11-6+. The first-order valence-corrected chi connectivity index (χ1v) is 7.29.